The highest BCUT2D eigenvalue weighted by Crippen LogP contribution is 2.28. The van der Waals surface area contributed by atoms with Gasteiger partial charge in [0.2, 0.25) is 0 Å². The molecule has 1 N–H and O–H groups in total. The van der Waals surface area contributed by atoms with Crippen LogP contribution in [0.25, 0.3) is 10.9 Å². The summed E-state index contributed by atoms with van der Waals surface area (Å²) >= 11 is 0. The van der Waals surface area contributed by atoms with Gasteiger partial charge in [0.1, 0.15) is 5.52 Å². The van der Waals surface area contributed by atoms with Crippen molar-refractivity contribution in [2.75, 3.05) is 11.9 Å². The molecule has 0 aliphatic rings. The third-order valence-corrected chi connectivity index (χ3v) is 2.39. The highest BCUT2D eigenvalue weighted by Gasteiger charge is 2.14. The van der Waals surface area contributed by atoms with E-state index in [2.05, 4.69) is 10.3 Å². The van der Waals surface area contributed by atoms with Crippen molar-refractivity contribution in [1.82, 2.24) is 4.98 Å². The molecule has 0 fully saturated rings. The van der Waals surface area contributed by atoms with Gasteiger partial charge < -0.3 is 5.32 Å². The molecule has 0 saturated carbocycles. The SMILES string of the molecule is O=[N+]([O-])c1cccc2c(NCC(F)F)ccnc12. The normalized spacial score (nSPS) is 10.8. The molecular formula is C11H9F2N3O2. The zero-order chi connectivity index (χ0) is 13.1. The van der Waals surface area contributed by atoms with Crippen LogP contribution in [0.3, 0.4) is 0 Å². The van der Waals surface area contributed by atoms with Gasteiger partial charge in [-0.05, 0) is 6.07 Å². The van der Waals surface area contributed by atoms with Crippen LogP contribution in [0, 0.1) is 10.1 Å². The van der Waals surface area contributed by atoms with Gasteiger partial charge in [-0.15, -0.1) is 0 Å². The van der Waals surface area contributed by atoms with Crippen molar-refractivity contribution in [3.8, 4) is 0 Å². The van der Waals surface area contributed by atoms with Gasteiger partial charge in [0.25, 0.3) is 12.1 Å². The fourth-order valence-corrected chi connectivity index (χ4v) is 1.65. The van der Waals surface area contributed by atoms with Crippen molar-refractivity contribution >= 4 is 22.3 Å². The lowest BCUT2D eigenvalue weighted by molar-refractivity contribution is -0.383. The molecule has 0 atom stereocenters. The average molecular weight is 253 g/mol. The lowest BCUT2D eigenvalue weighted by Crippen LogP contribution is -2.10. The predicted molar refractivity (Wildman–Crippen MR) is 62.9 cm³/mol. The Hall–Kier alpha value is -2.31. The van der Waals surface area contributed by atoms with E-state index in [9.17, 15) is 18.9 Å². The molecule has 7 heteroatoms. The average Bonchev–Trinajstić information content (AvgIpc) is 2.35. The number of nitrogens with zero attached hydrogens (tertiary/aromatic N) is 2. The summed E-state index contributed by atoms with van der Waals surface area (Å²) in [6, 6.07) is 5.93. The summed E-state index contributed by atoms with van der Waals surface area (Å²) in [5, 5.41) is 13.8. The van der Waals surface area contributed by atoms with Crippen LogP contribution < -0.4 is 5.32 Å². The standard InChI is InChI=1S/C11H9F2N3O2/c12-10(13)6-15-8-4-5-14-11-7(8)2-1-3-9(11)16(17)18/h1-5,10H,6H2,(H,14,15). The maximum Gasteiger partial charge on any atom is 0.295 e. The maximum absolute atomic E-state index is 12.1. The first-order valence-electron chi connectivity index (χ1n) is 5.13. The van der Waals surface area contributed by atoms with Crippen molar-refractivity contribution in [3.63, 3.8) is 0 Å². The molecule has 5 nitrogen and oxygen atoms in total. The first-order chi connectivity index (χ1) is 8.59. The summed E-state index contributed by atoms with van der Waals surface area (Å²) in [6.07, 6.45) is -1.14. The topological polar surface area (TPSA) is 68.1 Å². The molecule has 0 spiro atoms. The second kappa shape index (κ2) is 4.91. The lowest BCUT2D eigenvalue weighted by atomic mass is 10.1. The van der Waals surface area contributed by atoms with Gasteiger partial charge in [0.15, 0.2) is 0 Å². The van der Waals surface area contributed by atoms with Gasteiger partial charge in [-0.3, -0.25) is 10.1 Å². The molecule has 0 aliphatic heterocycles. The molecule has 1 heterocycles. The molecule has 94 valence electrons. The number of halogens is 2. The minimum absolute atomic E-state index is 0.145. The number of benzene rings is 1. The number of hydrogen-bond donors (Lipinski definition) is 1. The Bertz CT molecular complexity index is 590. The summed E-state index contributed by atoms with van der Waals surface area (Å²) in [7, 11) is 0. The number of nitro groups is 1. The number of hydrogen-bond acceptors (Lipinski definition) is 4. The summed E-state index contributed by atoms with van der Waals surface area (Å²) in [5.41, 5.74) is 0.443. The van der Waals surface area contributed by atoms with E-state index in [1.54, 1.807) is 6.07 Å². The van der Waals surface area contributed by atoms with E-state index >= 15 is 0 Å². The molecule has 1 aromatic carbocycles. The third-order valence-electron chi connectivity index (χ3n) is 2.39. The second-order valence-electron chi connectivity index (χ2n) is 3.56. The van der Waals surface area contributed by atoms with Gasteiger partial charge in [-0.2, -0.15) is 0 Å². The Morgan fingerprint density at radius 1 is 1.39 bits per heavy atom. The molecule has 2 rings (SSSR count). The van der Waals surface area contributed by atoms with E-state index in [0.717, 1.165) is 0 Å². The Balaban J connectivity index is 2.50. The van der Waals surface area contributed by atoms with Crippen molar-refractivity contribution < 1.29 is 13.7 Å². The zero-order valence-electron chi connectivity index (χ0n) is 9.14. The number of pyridine rings is 1. The summed E-state index contributed by atoms with van der Waals surface area (Å²) in [4.78, 5) is 14.2. The summed E-state index contributed by atoms with van der Waals surface area (Å²) in [5.74, 6) is 0. The Morgan fingerprint density at radius 2 is 2.17 bits per heavy atom. The first kappa shape index (κ1) is 12.2. The fourth-order valence-electron chi connectivity index (χ4n) is 1.65. The molecule has 0 saturated heterocycles. The number of alkyl halides is 2. The van der Waals surface area contributed by atoms with E-state index in [4.69, 9.17) is 0 Å². The number of para-hydroxylation sites is 1. The van der Waals surface area contributed by atoms with Gasteiger partial charge in [-0.25, -0.2) is 13.8 Å². The van der Waals surface area contributed by atoms with Crippen LogP contribution in [0.4, 0.5) is 20.2 Å². The van der Waals surface area contributed by atoms with Crippen LogP contribution in [0.1, 0.15) is 0 Å². The Labute approximate surface area is 101 Å². The second-order valence-corrected chi connectivity index (χ2v) is 3.56. The Kier molecular flexibility index (Phi) is 3.31. The maximum atomic E-state index is 12.1. The Morgan fingerprint density at radius 3 is 2.83 bits per heavy atom. The van der Waals surface area contributed by atoms with Crippen LogP contribution in [0.5, 0.6) is 0 Å². The minimum atomic E-state index is -2.49. The molecule has 18 heavy (non-hydrogen) atoms. The molecule has 0 radical (unpaired) electrons. The molecule has 2 aromatic rings. The number of nitrogens with one attached hydrogen (secondary N) is 1. The third kappa shape index (κ3) is 2.34. The van der Waals surface area contributed by atoms with Crippen molar-refractivity contribution in [1.29, 1.82) is 0 Å². The number of rotatable bonds is 4. The van der Waals surface area contributed by atoms with E-state index < -0.39 is 17.9 Å². The van der Waals surface area contributed by atoms with Crippen molar-refractivity contribution in [2.24, 2.45) is 0 Å². The molecule has 0 amide bonds. The molecule has 1 aromatic heterocycles. The fraction of sp³-hybridized carbons (Fsp3) is 0.182. The van der Waals surface area contributed by atoms with Crippen LogP contribution in [-0.4, -0.2) is 22.9 Å². The van der Waals surface area contributed by atoms with Crippen molar-refractivity contribution in [3.05, 3.63) is 40.6 Å². The van der Waals surface area contributed by atoms with E-state index in [1.807, 2.05) is 0 Å². The van der Waals surface area contributed by atoms with Crippen LogP contribution in [0.2, 0.25) is 0 Å². The highest BCUT2D eigenvalue weighted by atomic mass is 19.3. The molecular weight excluding hydrogens is 244 g/mol. The smallest absolute Gasteiger partial charge is 0.295 e. The quantitative estimate of drug-likeness (QED) is 0.672. The number of nitro benzene ring substituents is 1. The van der Waals surface area contributed by atoms with Gasteiger partial charge >= 0.3 is 0 Å². The van der Waals surface area contributed by atoms with Crippen LogP contribution in [-0.2, 0) is 0 Å². The lowest BCUT2D eigenvalue weighted by Gasteiger charge is -2.08. The zero-order valence-corrected chi connectivity index (χ0v) is 9.14. The highest BCUT2D eigenvalue weighted by molar-refractivity contribution is 5.96. The minimum Gasteiger partial charge on any atom is -0.379 e. The monoisotopic (exact) mass is 253 g/mol. The van der Waals surface area contributed by atoms with E-state index in [-0.39, 0.29) is 11.2 Å². The van der Waals surface area contributed by atoms with E-state index in [1.165, 1.54) is 24.4 Å². The number of anilines is 1. The van der Waals surface area contributed by atoms with Crippen molar-refractivity contribution in [2.45, 2.75) is 6.43 Å². The largest absolute Gasteiger partial charge is 0.379 e. The number of aromatic nitrogens is 1. The van der Waals surface area contributed by atoms with Gasteiger partial charge in [-0.1, -0.05) is 12.1 Å². The van der Waals surface area contributed by atoms with Crippen LogP contribution in [0.15, 0.2) is 30.5 Å². The van der Waals surface area contributed by atoms with E-state index in [0.29, 0.717) is 11.1 Å². The van der Waals surface area contributed by atoms with Gasteiger partial charge in [0.05, 0.1) is 11.5 Å². The molecule has 0 bridgehead atoms. The first-order valence-corrected chi connectivity index (χ1v) is 5.13. The summed E-state index contributed by atoms with van der Waals surface area (Å²) in [6.45, 7) is -0.512. The predicted octanol–water partition coefficient (Wildman–Crippen LogP) is 2.82. The molecule has 0 aliphatic carbocycles. The van der Waals surface area contributed by atoms with Gasteiger partial charge in [0, 0.05) is 23.3 Å². The van der Waals surface area contributed by atoms with Crippen LogP contribution >= 0.6 is 0 Å². The number of fused-ring (bicyclic) bond motifs is 1. The number of non-ortho nitro benzene ring substituents is 1. The summed E-state index contributed by atoms with van der Waals surface area (Å²) < 4.78 is 24.3. The molecule has 0 unspecified atom stereocenters.